The summed E-state index contributed by atoms with van der Waals surface area (Å²) in [4.78, 5) is 46.3. The van der Waals surface area contributed by atoms with Crippen LogP contribution in [0.4, 0.5) is 0 Å². The van der Waals surface area contributed by atoms with E-state index in [1.54, 1.807) is 0 Å². The molecular weight excluding hydrogens is 428 g/mol. The monoisotopic (exact) mass is 462 g/mol. The predicted molar refractivity (Wildman–Crippen MR) is 119 cm³/mol. The van der Waals surface area contributed by atoms with Gasteiger partial charge in [-0.15, -0.1) is 0 Å². The molecule has 4 aliphatic rings. The molecule has 0 amide bonds. The second-order valence-corrected chi connectivity index (χ2v) is 15.0. The Kier molecular flexibility index (Phi) is 6.57. The molecule has 0 spiro atoms. The Morgan fingerprint density at radius 1 is 0.688 bits per heavy atom. The summed E-state index contributed by atoms with van der Waals surface area (Å²) in [6, 6.07) is 0. The van der Waals surface area contributed by atoms with E-state index < -0.39 is 14.3 Å². The van der Waals surface area contributed by atoms with Gasteiger partial charge in [-0.05, 0) is 50.4 Å². The van der Waals surface area contributed by atoms with Gasteiger partial charge < -0.3 is 13.9 Å². The second-order valence-electron chi connectivity index (χ2n) is 10.6. The van der Waals surface area contributed by atoms with Crippen molar-refractivity contribution in [2.24, 2.45) is 47.3 Å². The van der Waals surface area contributed by atoms with Crippen LogP contribution in [-0.2, 0) is 33.1 Å². The third kappa shape index (κ3) is 4.47. The third-order valence-electron chi connectivity index (χ3n) is 7.02. The first-order chi connectivity index (χ1) is 14.7. The summed E-state index contributed by atoms with van der Waals surface area (Å²) in [5.74, 6) is -1.63. The number of rotatable bonds is 2. The highest BCUT2D eigenvalue weighted by Gasteiger charge is 2.53. The molecule has 176 valence electrons. The van der Waals surface area contributed by atoms with Gasteiger partial charge in [0, 0.05) is 5.92 Å². The fourth-order valence-corrected chi connectivity index (χ4v) is 6.26. The summed E-state index contributed by atoms with van der Waals surface area (Å²) in [7, 11) is -1.70. The Labute approximate surface area is 190 Å². The van der Waals surface area contributed by atoms with Crippen LogP contribution in [0.25, 0.3) is 0 Å². The Morgan fingerprint density at radius 2 is 1.09 bits per heavy atom. The molecule has 0 aromatic carbocycles. The number of cyclic esters (lactones) is 4. The molecule has 4 rings (SSSR count). The quantitative estimate of drug-likeness (QED) is 0.266. The first-order valence-corrected chi connectivity index (χ1v) is 14.7. The molecule has 0 unspecified atom stereocenters. The fourth-order valence-electron chi connectivity index (χ4n) is 5.30. The Hall–Kier alpha value is -2.22. The first kappa shape index (κ1) is 24.4. The third-order valence-corrected chi connectivity index (χ3v) is 7.87. The molecule has 8 heteroatoms. The molecule has 0 aromatic rings. The highest BCUT2D eigenvalue weighted by Crippen LogP contribution is 2.44. The summed E-state index contributed by atoms with van der Waals surface area (Å²) in [6.45, 7) is 16.2. The van der Waals surface area contributed by atoms with E-state index >= 15 is 0 Å². The van der Waals surface area contributed by atoms with E-state index in [0.717, 1.165) is 5.76 Å². The molecule has 2 aliphatic carbocycles. The van der Waals surface area contributed by atoms with Gasteiger partial charge in [0.2, 0.25) is 8.32 Å². The van der Waals surface area contributed by atoms with Gasteiger partial charge in [-0.25, -0.2) is 0 Å². The fraction of sp³-hybridized carbons (Fsp3) is 0.667. The van der Waals surface area contributed by atoms with Crippen molar-refractivity contribution in [2.75, 3.05) is 0 Å². The minimum Gasteiger partial charge on any atom is -0.547 e. The lowest BCUT2D eigenvalue weighted by Gasteiger charge is -2.34. The van der Waals surface area contributed by atoms with E-state index in [0.29, 0.717) is 0 Å². The maximum atomic E-state index is 11.8. The Morgan fingerprint density at radius 3 is 1.56 bits per heavy atom. The van der Waals surface area contributed by atoms with Gasteiger partial charge in [0.15, 0.2) is 0 Å². The lowest BCUT2D eigenvalue weighted by molar-refractivity contribution is -0.156. The van der Waals surface area contributed by atoms with Crippen LogP contribution in [0, 0.1) is 47.3 Å². The molecule has 7 nitrogen and oxygen atoms in total. The normalized spacial score (nSPS) is 38.5. The topological polar surface area (TPSA) is 96.0 Å². The average Bonchev–Trinajstić information content (AvgIpc) is 3.12. The molecule has 2 saturated heterocycles. The maximum absolute atomic E-state index is 11.8. The summed E-state index contributed by atoms with van der Waals surface area (Å²) in [5.41, 5.74) is 1.19. The molecular formula is C24H34O7Si. The van der Waals surface area contributed by atoms with Crippen molar-refractivity contribution in [3.05, 3.63) is 23.5 Å². The molecule has 0 N–H and O–H groups in total. The van der Waals surface area contributed by atoms with Crippen LogP contribution in [-0.4, -0.2) is 32.2 Å². The number of allylic oxidation sites excluding steroid dienone is 4. The highest BCUT2D eigenvalue weighted by atomic mass is 28.4. The van der Waals surface area contributed by atoms with Gasteiger partial charge in [-0.1, -0.05) is 39.3 Å². The molecule has 2 aliphatic heterocycles. The van der Waals surface area contributed by atoms with Crippen LogP contribution in [0.2, 0.25) is 19.6 Å². The van der Waals surface area contributed by atoms with Gasteiger partial charge in [0.05, 0.1) is 29.4 Å². The lowest BCUT2D eigenvalue weighted by atomic mass is 9.70. The van der Waals surface area contributed by atoms with Crippen molar-refractivity contribution in [1.82, 2.24) is 0 Å². The number of fused-ring (bicyclic) bond motifs is 2. The van der Waals surface area contributed by atoms with Crippen molar-refractivity contribution >= 4 is 32.2 Å². The number of hydrogen-bond acceptors (Lipinski definition) is 7. The van der Waals surface area contributed by atoms with Crippen LogP contribution < -0.4 is 0 Å². The van der Waals surface area contributed by atoms with E-state index in [9.17, 15) is 19.2 Å². The number of esters is 4. The highest BCUT2D eigenvalue weighted by molar-refractivity contribution is 6.70. The summed E-state index contributed by atoms with van der Waals surface area (Å²) in [5, 5.41) is 0. The molecule has 8 atom stereocenters. The number of carbonyl (C=O) groups is 4. The maximum Gasteiger partial charge on any atom is 0.318 e. The van der Waals surface area contributed by atoms with Gasteiger partial charge in [0.1, 0.15) is 0 Å². The summed E-state index contributed by atoms with van der Waals surface area (Å²) < 4.78 is 15.5. The van der Waals surface area contributed by atoms with Crippen molar-refractivity contribution in [2.45, 2.75) is 54.3 Å². The van der Waals surface area contributed by atoms with E-state index in [4.69, 9.17) is 9.16 Å². The molecule has 2 fully saturated rings. The SMILES string of the molecule is CC1=C[C@@H](C)[C@H]2C(=O)OC(=O)[C@H]2[C@H]1C.C[C@@H]1C=C(O[Si](C)(C)C)[C@H](C)[C@@H]2C(=O)OC(=O)[C@@H]21. The Balaban J connectivity index is 0.000000186. The average molecular weight is 463 g/mol. The van der Waals surface area contributed by atoms with Gasteiger partial charge >= 0.3 is 23.9 Å². The van der Waals surface area contributed by atoms with Crippen molar-refractivity contribution in [1.29, 1.82) is 0 Å². The number of hydrogen-bond donors (Lipinski definition) is 0. The zero-order valence-electron chi connectivity index (χ0n) is 20.1. The molecule has 32 heavy (non-hydrogen) atoms. The number of ether oxygens (including phenoxy) is 2. The summed E-state index contributed by atoms with van der Waals surface area (Å²) >= 11 is 0. The second kappa shape index (κ2) is 8.61. The van der Waals surface area contributed by atoms with E-state index in [1.165, 1.54) is 5.57 Å². The minimum absolute atomic E-state index is 0.00324. The van der Waals surface area contributed by atoms with Crippen molar-refractivity contribution in [3.63, 3.8) is 0 Å². The predicted octanol–water partition coefficient (Wildman–Crippen LogP) is 3.86. The van der Waals surface area contributed by atoms with Gasteiger partial charge in [0.25, 0.3) is 0 Å². The van der Waals surface area contributed by atoms with E-state index in [2.05, 4.69) is 30.5 Å². The van der Waals surface area contributed by atoms with Crippen LogP contribution in [0.1, 0.15) is 34.6 Å². The molecule has 2 heterocycles. The summed E-state index contributed by atoms with van der Waals surface area (Å²) in [6.07, 6.45) is 4.07. The van der Waals surface area contributed by atoms with E-state index in [1.807, 2.05) is 40.7 Å². The van der Waals surface area contributed by atoms with Crippen LogP contribution in [0.15, 0.2) is 23.5 Å². The smallest absolute Gasteiger partial charge is 0.318 e. The Bertz CT molecular complexity index is 897. The minimum atomic E-state index is -1.70. The standard InChI is InChI=1S/C13H20O4Si.C11H14O3/c1-7-6-9(17-18(3,4)5)8(2)11-10(7)12(14)16-13(11)15;1-5-4-6(2)8-9(7(5)3)11(13)14-10(8)12/h6-8,10-11H,1-5H3;4,6-9H,1-3H3/t7-,8+,10-,11+;6-,7+,8-,9+/m11/s1. The first-order valence-electron chi connectivity index (χ1n) is 11.3. The molecule has 0 aromatic heterocycles. The molecule has 0 bridgehead atoms. The van der Waals surface area contributed by atoms with Crippen molar-refractivity contribution < 1.29 is 33.1 Å². The zero-order valence-corrected chi connectivity index (χ0v) is 21.1. The van der Waals surface area contributed by atoms with Crippen LogP contribution in [0.5, 0.6) is 0 Å². The largest absolute Gasteiger partial charge is 0.547 e. The van der Waals surface area contributed by atoms with Gasteiger partial charge in [-0.3, -0.25) is 19.2 Å². The van der Waals surface area contributed by atoms with Gasteiger partial charge in [-0.2, -0.15) is 0 Å². The molecule has 0 saturated carbocycles. The van der Waals surface area contributed by atoms with Crippen molar-refractivity contribution in [3.8, 4) is 0 Å². The lowest BCUT2D eigenvalue weighted by Crippen LogP contribution is -2.37. The zero-order chi connectivity index (χ0) is 24.1. The van der Waals surface area contributed by atoms with Crippen LogP contribution in [0.3, 0.4) is 0 Å². The molecule has 0 radical (unpaired) electrons. The van der Waals surface area contributed by atoms with E-state index in [-0.39, 0.29) is 65.3 Å². The van der Waals surface area contributed by atoms with Crippen LogP contribution >= 0.6 is 0 Å². The number of carbonyl (C=O) groups excluding carboxylic acids is 4.